The minimum atomic E-state index is -2.80. The number of sulfone groups is 1. The molecule has 3 heteroatoms. The van der Waals surface area contributed by atoms with Crippen molar-refractivity contribution in [1.82, 2.24) is 0 Å². The standard InChI is InChI=1S/C7H14O2S/c1-6-4-5-7(2,3)10(6,8)9/h6H,4-5H2,1-3H3. The molecule has 0 spiro atoms. The molecule has 1 fully saturated rings. The molecule has 1 aliphatic rings. The summed E-state index contributed by atoms with van der Waals surface area (Å²) in [4.78, 5) is 0. The fraction of sp³-hybridized carbons (Fsp3) is 1.00. The molecule has 1 rings (SSSR count). The Bertz CT molecular complexity index is 226. The van der Waals surface area contributed by atoms with Gasteiger partial charge in [0.2, 0.25) is 0 Å². The maximum atomic E-state index is 11.4. The average molecular weight is 162 g/mol. The molecule has 1 atom stereocenters. The lowest BCUT2D eigenvalue weighted by Gasteiger charge is -2.16. The predicted octanol–water partition coefficient (Wildman–Crippen LogP) is 1.36. The largest absolute Gasteiger partial charge is 0.228 e. The van der Waals surface area contributed by atoms with Crippen LogP contribution in [0.1, 0.15) is 33.6 Å². The molecule has 0 aliphatic carbocycles. The third kappa shape index (κ3) is 0.875. The third-order valence-corrected chi connectivity index (χ3v) is 5.49. The monoisotopic (exact) mass is 162 g/mol. The van der Waals surface area contributed by atoms with Crippen molar-refractivity contribution in [2.24, 2.45) is 0 Å². The quantitative estimate of drug-likeness (QED) is 0.539. The smallest absolute Gasteiger partial charge is 0.158 e. The first kappa shape index (κ1) is 8.05. The summed E-state index contributed by atoms with van der Waals surface area (Å²) >= 11 is 0. The zero-order valence-corrected chi connectivity index (χ0v) is 7.53. The lowest BCUT2D eigenvalue weighted by molar-refractivity contribution is 0.557. The highest BCUT2D eigenvalue weighted by molar-refractivity contribution is 7.93. The van der Waals surface area contributed by atoms with Crippen LogP contribution in [0.4, 0.5) is 0 Å². The van der Waals surface area contributed by atoms with Gasteiger partial charge in [0, 0.05) is 0 Å². The van der Waals surface area contributed by atoms with Gasteiger partial charge in [0.1, 0.15) is 0 Å². The lowest BCUT2D eigenvalue weighted by atomic mass is 10.1. The van der Waals surface area contributed by atoms with Gasteiger partial charge < -0.3 is 0 Å². The highest BCUT2D eigenvalue weighted by Crippen LogP contribution is 2.35. The zero-order chi connectivity index (χ0) is 7.99. The van der Waals surface area contributed by atoms with Crippen LogP contribution in [0.25, 0.3) is 0 Å². The zero-order valence-electron chi connectivity index (χ0n) is 6.72. The summed E-state index contributed by atoms with van der Waals surface area (Å²) in [6.07, 6.45) is 1.64. The summed E-state index contributed by atoms with van der Waals surface area (Å²) in [6, 6.07) is 0. The minimum absolute atomic E-state index is 0.123. The Morgan fingerprint density at radius 3 is 2.00 bits per heavy atom. The molecule has 1 heterocycles. The van der Waals surface area contributed by atoms with E-state index in [-0.39, 0.29) is 5.25 Å². The first-order valence-corrected chi connectivity index (χ1v) is 5.16. The SMILES string of the molecule is CC1CCC(C)(C)S1(=O)=O. The van der Waals surface area contributed by atoms with E-state index in [1.807, 2.05) is 13.8 Å². The molecule has 1 aliphatic heterocycles. The van der Waals surface area contributed by atoms with E-state index in [9.17, 15) is 8.42 Å². The van der Waals surface area contributed by atoms with E-state index in [0.717, 1.165) is 12.8 Å². The summed E-state index contributed by atoms with van der Waals surface area (Å²) in [6.45, 7) is 5.42. The van der Waals surface area contributed by atoms with Crippen LogP contribution in [0.2, 0.25) is 0 Å². The summed E-state index contributed by atoms with van der Waals surface area (Å²) < 4.78 is 22.4. The van der Waals surface area contributed by atoms with Crippen molar-refractivity contribution in [3.05, 3.63) is 0 Å². The molecular weight excluding hydrogens is 148 g/mol. The normalized spacial score (nSPS) is 36.1. The van der Waals surface area contributed by atoms with E-state index >= 15 is 0 Å². The topological polar surface area (TPSA) is 34.1 Å². The number of rotatable bonds is 0. The maximum absolute atomic E-state index is 11.4. The molecule has 2 nitrogen and oxygen atoms in total. The van der Waals surface area contributed by atoms with E-state index in [2.05, 4.69) is 0 Å². The fourth-order valence-corrected chi connectivity index (χ4v) is 3.31. The second-order valence-electron chi connectivity index (χ2n) is 3.65. The van der Waals surface area contributed by atoms with E-state index in [4.69, 9.17) is 0 Å². The Labute approximate surface area is 62.5 Å². The molecule has 1 unspecified atom stereocenters. The third-order valence-electron chi connectivity index (χ3n) is 2.45. The van der Waals surface area contributed by atoms with Crippen LogP contribution in [0.5, 0.6) is 0 Å². The Balaban J connectivity index is 3.09. The summed E-state index contributed by atoms with van der Waals surface area (Å²) in [5.74, 6) is 0. The van der Waals surface area contributed by atoms with Crippen LogP contribution < -0.4 is 0 Å². The maximum Gasteiger partial charge on any atom is 0.158 e. The highest BCUT2D eigenvalue weighted by Gasteiger charge is 2.44. The first-order valence-electron chi connectivity index (χ1n) is 3.61. The minimum Gasteiger partial charge on any atom is -0.228 e. The van der Waals surface area contributed by atoms with Crippen molar-refractivity contribution in [3.63, 3.8) is 0 Å². The second-order valence-corrected chi connectivity index (χ2v) is 6.65. The van der Waals surface area contributed by atoms with Gasteiger partial charge in [-0.3, -0.25) is 0 Å². The van der Waals surface area contributed by atoms with Gasteiger partial charge in [0.25, 0.3) is 0 Å². The number of hydrogen-bond acceptors (Lipinski definition) is 2. The molecule has 1 saturated heterocycles. The van der Waals surface area contributed by atoms with E-state index in [1.165, 1.54) is 0 Å². The van der Waals surface area contributed by atoms with Crippen molar-refractivity contribution in [2.45, 2.75) is 43.6 Å². The van der Waals surface area contributed by atoms with Crippen LogP contribution in [0.15, 0.2) is 0 Å². The van der Waals surface area contributed by atoms with Crippen LogP contribution in [0.3, 0.4) is 0 Å². The molecule has 0 N–H and O–H groups in total. The van der Waals surface area contributed by atoms with Gasteiger partial charge in [0.05, 0.1) is 10.00 Å². The van der Waals surface area contributed by atoms with E-state index < -0.39 is 14.6 Å². The van der Waals surface area contributed by atoms with Crippen molar-refractivity contribution in [3.8, 4) is 0 Å². The fourth-order valence-electron chi connectivity index (χ4n) is 1.39. The number of hydrogen-bond donors (Lipinski definition) is 0. The molecule has 0 amide bonds. The van der Waals surface area contributed by atoms with Crippen molar-refractivity contribution >= 4 is 9.84 Å². The summed E-state index contributed by atoms with van der Waals surface area (Å²) in [7, 11) is -2.80. The Kier molecular flexibility index (Phi) is 1.59. The Morgan fingerprint density at radius 1 is 1.40 bits per heavy atom. The van der Waals surface area contributed by atoms with Crippen molar-refractivity contribution in [1.29, 1.82) is 0 Å². The lowest BCUT2D eigenvalue weighted by Crippen LogP contribution is -2.29. The van der Waals surface area contributed by atoms with Crippen LogP contribution >= 0.6 is 0 Å². The summed E-state index contributed by atoms with van der Waals surface area (Å²) in [5.41, 5.74) is 0. The van der Waals surface area contributed by atoms with Gasteiger partial charge in [-0.2, -0.15) is 0 Å². The van der Waals surface area contributed by atoms with Crippen LogP contribution in [-0.2, 0) is 9.84 Å². The molecule has 0 radical (unpaired) electrons. The van der Waals surface area contributed by atoms with Gasteiger partial charge in [0.15, 0.2) is 9.84 Å². The molecule has 0 saturated carbocycles. The molecule has 0 aromatic carbocycles. The molecular formula is C7H14O2S. The Morgan fingerprint density at radius 2 is 1.90 bits per heavy atom. The van der Waals surface area contributed by atoms with E-state index in [0.29, 0.717) is 0 Å². The van der Waals surface area contributed by atoms with Gasteiger partial charge in [-0.15, -0.1) is 0 Å². The Hall–Kier alpha value is -0.0500. The van der Waals surface area contributed by atoms with E-state index in [1.54, 1.807) is 6.92 Å². The highest BCUT2D eigenvalue weighted by atomic mass is 32.2. The second kappa shape index (κ2) is 1.97. The van der Waals surface area contributed by atoms with Crippen LogP contribution in [-0.4, -0.2) is 18.4 Å². The van der Waals surface area contributed by atoms with Crippen LogP contribution in [0, 0.1) is 0 Å². The predicted molar refractivity (Wildman–Crippen MR) is 41.7 cm³/mol. The molecule has 10 heavy (non-hydrogen) atoms. The van der Waals surface area contributed by atoms with Crippen molar-refractivity contribution < 1.29 is 8.42 Å². The summed E-state index contributed by atoms with van der Waals surface area (Å²) in [5, 5.41) is -0.123. The van der Waals surface area contributed by atoms with Crippen molar-refractivity contribution in [2.75, 3.05) is 0 Å². The van der Waals surface area contributed by atoms with Gasteiger partial charge in [-0.25, -0.2) is 8.42 Å². The molecule has 60 valence electrons. The molecule has 0 bridgehead atoms. The van der Waals surface area contributed by atoms with Gasteiger partial charge in [-0.1, -0.05) is 0 Å². The van der Waals surface area contributed by atoms with Gasteiger partial charge >= 0.3 is 0 Å². The first-order chi connectivity index (χ1) is 4.38. The molecule has 0 aromatic heterocycles. The average Bonchev–Trinajstić information content (AvgIpc) is 1.94. The molecule has 0 aromatic rings. The van der Waals surface area contributed by atoms with Gasteiger partial charge in [-0.05, 0) is 33.6 Å².